The third kappa shape index (κ3) is 4.25. The Morgan fingerprint density at radius 1 is 0.750 bits per heavy atom. The third-order valence-corrected chi connectivity index (χ3v) is 4.42. The van der Waals surface area contributed by atoms with E-state index in [1.165, 1.54) is 12.1 Å². The fourth-order valence-electron chi connectivity index (χ4n) is 3.02. The summed E-state index contributed by atoms with van der Waals surface area (Å²) in [7, 11) is 0. The van der Waals surface area contributed by atoms with Crippen molar-refractivity contribution < 1.29 is 40.2 Å². The van der Waals surface area contributed by atoms with Gasteiger partial charge in [0.2, 0.25) is 11.2 Å². The highest BCUT2D eigenvalue weighted by molar-refractivity contribution is 5.96. The average Bonchev–Trinajstić information content (AvgIpc) is 2.74. The van der Waals surface area contributed by atoms with Gasteiger partial charge in [0.25, 0.3) is 0 Å². The second kappa shape index (κ2) is 8.47. The summed E-state index contributed by atoms with van der Waals surface area (Å²) in [6, 6.07) is 2.74. The van der Waals surface area contributed by atoms with Crippen molar-refractivity contribution >= 4 is 22.7 Å². The summed E-state index contributed by atoms with van der Waals surface area (Å²) in [5, 5.41) is 57.7. The Bertz CT molecular complexity index is 995. The van der Waals surface area contributed by atoms with Gasteiger partial charge in [-0.3, -0.25) is 14.4 Å². The normalized spacial score (nSPS) is 10.9. The number of phenolic OH excluding ortho intramolecular Hbond substituents is 3. The molecule has 0 atom stereocenters. The first kappa shape index (κ1) is 20.8. The summed E-state index contributed by atoms with van der Waals surface area (Å²) >= 11 is 0. The minimum atomic E-state index is -1.06. The highest BCUT2D eigenvalue weighted by Crippen LogP contribution is 2.44. The number of carboxylic acids is 2. The molecule has 150 valence electrons. The van der Waals surface area contributed by atoms with Crippen molar-refractivity contribution in [2.45, 2.75) is 38.5 Å². The first-order valence-electron chi connectivity index (χ1n) is 8.53. The molecule has 0 aliphatic carbocycles. The Morgan fingerprint density at radius 3 is 1.89 bits per heavy atom. The summed E-state index contributed by atoms with van der Waals surface area (Å²) in [5.41, 5.74) is -0.773. The number of carbonyl (C=O) groups is 2. The van der Waals surface area contributed by atoms with Gasteiger partial charge in [-0.2, -0.15) is 0 Å². The molecule has 0 unspecified atom stereocenters. The number of benzene rings is 1. The molecular weight excluding hydrogens is 372 g/mol. The smallest absolute Gasteiger partial charge is 0.303 e. The number of aromatic hydroxyl groups is 4. The van der Waals surface area contributed by atoms with E-state index in [1.807, 2.05) is 0 Å². The molecule has 6 N–H and O–H groups in total. The highest BCUT2D eigenvalue weighted by Gasteiger charge is 2.22. The second-order valence-electron chi connectivity index (χ2n) is 6.34. The number of rotatable bonds is 8. The van der Waals surface area contributed by atoms with Crippen LogP contribution in [0.1, 0.15) is 36.8 Å². The van der Waals surface area contributed by atoms with Gasteiger partial charge in [0, 0.05) is 18.4 Å². The van der Waals surface area contributed by atoms with E-state index in [1.54, 1.807) is 0 Å². The van der Waals surface area contributed by atoms with Gasteiger partial charge in [-0.05, 0) is 36.6 Å². The zero-order chi connectivity index (χ0) is 21.0. The molecule has 9 nitrogen and oxygen atoms in total. The van der Waals surface area contributed by atoms with Crippen molar-refractivity contribution in [1.29, 1.82) is 0 Å². The molecule has 0 saturated heterocycles. The van der Waals surface area contributed by atoms with E-state index >= 15 is 0 Å². The molecule has 28 heavy (non-hydrogen) atoms. The molecule has 0 amide bonds. The minimum absolute atomic E-state index is 0.00103. The van der Waals surface area contributed by atoms with Crippen LogP contribution in [0.25, 0.3) is 10.8 Å². The Morgan fingerprint density at radius 2 is 1.32 bits per heavy atom. The Kier molecular flexibility index (Phi) is 6.29. The largest absolute Gasteiger partial charge is 0.504 e. The van der Waals surface area contributed by atoms with Gasteiger partial charge in [-0.15, -0.1) is 0 Å². The summed E-state index contributed by atoms with van der Waals surface area (Å²) in [6.07, 6.45) is -0.0257. The van der Waals surface area contributed by atoms with Gasteiger partial charge < -0.3 is 30.6 Å². The molecule has 0 saturated carbocycles. The standard InChI is InChI=1S/C19H20O9/c20-12(21)5-1-3-9-7-8-10-11(4-2-6-13(22)23)16(25)19(28)18(27)14(10)17(26)15(9)24/h7-8,25,27-28H,1-6H2,(H,20,21)(H,22,23)(H,24,26). The van der Waals surface area contributed by atoms with Crippen molar-refractivity contribution in [2.24, 2.45) is 0 Å². The van der Waals surface area contributed by atoms with Crippen LogP contribution < -0.4 is 5.43 Å². The van der Waals surface area contributed by atoms with E-state index in [-0.39, 0.29) is 55.0 Å². The third-order valence-electron chi connectivity index (χ3n) is 4.42. The van der Waals surface area contributed by atoms with E-state index in [2.05, 4.69) is 0 Å². The maximum atomic E-state index is 12.7. The lowest BCUT2D eigenvalue weighted by molar-refractivity contribution is -0.138. The first-order chi connectivity index (χ1) is 13.1. The number of hydrogen-bond donors (Lipinski definition) is 6. The zero-order valence-corrected chi connectivity index (χ0v) is 14.8. The SMILES string of the molecule is O=C(O)CCCc1ccc2c(CCCC(=O)O)c(O)c(O)c(O)c2c(=O)c1O. The molecule has 0 bridgehead atoms. The monoisotopic (exact) mass is 392 g/mol. The molecule has 0 fully saturated rings. The average molecular weight is 392 g/mol. The van der Waals surface area contributed by atoms with Gasteiger partial charge in [-0.25, -0.2) is 0 Å². The summed E-state index contributed by atoms with van der Waals surface area (Å²) in [6.45, 7) is 0. The van der Waals surface area contributed by atoms with Crippen molar-refractivity contribution in [3.63, 3.8) is 0 Å². The quantitative estimate of drug-likeness (QED) is 0.366. The van der Waals surface area contributed by atoms with Crippen LogP contribution in [0, 0.1) is 0 Å². The van der Waals surface area contributed by atoms with Crippen LogP contribution in [0.4, 0.5) is 0 Å². The Hall–Kier alpha value is -3.49. The predicted molar refractivity (Wildman–Crippen MR) is 98.0 cm³/mol. The Balaban J connectivity index is 2.66. The first-order valence-corrected chi connectivity index (χ1v) is 8.53. The number of carboxylic acid groups (broad SMARTS) is 2. The molecule has 0 radical (unpaired) electrons. The number of aryl methyl sites for hydroxylation is 2. The highest BCUT2D eigenvalue weighted by atomic mass is 16.4. The van der Waals surface area contributed by atoms with Gasteiger partial charge in [0.05, 0.1) is 5.39 Å². The molecule has 2 aromatic carbocycles. The van der Waals surface area contributed by atoms with Crippen molar-refractivity contribution in [1.82, 2.24) is 0 Å². The summed E-state index contributed by atoms with van der Waals surface area (Å²) < 4.78 is 0. The van der Waals surface area contributed by atoms with Gasteiger partial charge >= 0.3 is 11.9 Å². The number of hydrogen-bond acceptors (Lipinski definition) is 7. The molecule has 0 aliphatic rings. The van der Waals surface area contributed by atoms with Crippen LogP contribution in [-0.4, -0.2) is 42.6 Å². The van der Waals surface area contributed by atoms with E-state index in [0.29, 0.717) is 0 Å². The molecular formula is C19H20O9. The lowest BCUT2D eigenvalue weighted by atomic mass is 9.98. The van der Waals surface area contributed by atoms with E-state index < -0.39 is 45.8 Å². The van der Waals surface area contributed by atoms with Crippen molar-refractivity contribution in [2.75, 3.05) is 0 Å². The number of aliphatic carboxylic acids is 2. The summed E-state index contributed by atoms with van der Waals surface area (Å²) in [4.78, 5) is 34.0. The molecule has 0 aromatic heterocycles. The van der Waals surface area contributed by atoms with Crippen LogP contribution >= 0.6 is 0 Å². The topological polar surface area (TPSA) is 173 Å². The lowest BCUT2D eigenvalue weighted by Crippen LogP contribution is -2.03. The molecule has 0 spiro atoms. The molecule has 2 aromatic rings. The van der Waals surface area contributed by atoms with Crippen LogP contribution in [-0.2, 0) is 22.4 Å². The number of fused-ring (bicyclic) bond motifs is 1. The van der Waals surface area contributed by atoms with Gasteiger partial charge in [0.1, 0.15) is 0 Å². The summed E-state index contributed by atoms with van der Waals surface area (Å²) in [5.74, 6) is -5.29. The van der Waals surface area contributed by atoms with Crippen LogP contribution in [0.5, 0.6) is 23.0 Å². The number of phenols is 3. The second-order valence-corrected chi connectivity index (χ2v) is 6.34. The molecule has 9 heteroatoms. The maximum absolute atomic E-state index is 12.7. The van der Waals surface area contributed by atoms with Gasteiger partial charge in [-0.1, -0.05) is 12.1 Å². The van der Waals surface area contributed by atoms with Crippen LogP contribution in [0.3, 0.4) is 0 Å². The minimum Gasteiger partial charge on any atom is -0.504 e. The van der Waals surface area contributed by atoms with Crippen LogP contribution in [0.2, 0.25) is 0 Å². The fraction of sp³-hybridized carbons (Fsp3) is 0.316. The van der Waals surface area contributed by atoms with E-state index in [0.717, 1.165) is 0 Å². The van der Waals surface area contributed by atoms with Crippen LogP contribution in [0.15, 0.2) is 16.9 Å². The van der Waals surface area contributed by atoms with E-state index in [4.69, 9.17) is 10.2 Å². The zero-order valence-electron chi connectivity index (χ0n) is 14.8. The molecule has 2 rings (SSSR count). The lowest BCUT2D eigenvalue weighted by Gasteiger charge is -2.11. The Labute approximate surface area is 158 Å². The molecule has 0 heterocycles. The maximum Gasteiger partial charge on any atom is 0.303 e. The van der Waals surface area contributed by atoms with Crippen molar-refractivity contribution in [3.05, 3.63) is 33.5 Å². The fourth-order valence-corrected chi connectivity index (χ4v) is 3.02. The predicted octanol–water partition coefficient (Wildman–Crippen LogP) is 1.84. The van der Waals surface area contributed by atoms with Crippen molar-refractivity contribution in [3.8, 4) is 23.0 Å². The molecule has 0 aliphatic heterocycles. The van der Waals surface area contributed by atoms with E-state index in [9.17, 15) is 34.8 Å². The van der Waals surface area contributed by atoms with Gasteiger partial charge in [0.15, 0.2) is 17.2 Å².